The Morgan fingerprint density at radius 1 is 1.04 bits per heavy atom. The van der Waals surface area contributed by atoms with Gasteiger partial charge < -0.3 is 5.11 Å². The third-order valence-electron chi connectivity index (χ3n) is 3.35. The zero-order chi connectivity index (χ0) is 17.8. The van der Waals surface area contributed by atoms with Gasteiger partial charge in [0, 0.05) is 24.0 Å². The number of nitriles is 1. The van der Waals surface area contributed by atoms with Crippen LogP contribution >= 0.6 is 0 Å². The van der Waals surface area contributed by atoms with Crippen LogP contribution in [0.25, 0.3) is 11.3 Å². The molecule has 0 bridgehead atoms. The summed E-state index contributed by atoms with van der Waals surface area (Å²) in [5.41, 5.74) is 0.814. The summed E-state index contributed by atoms with van der Waals surface area (Å²) in [6.45, 7) is 0. The summed E-state index contributed by atoms with van der Waals surface area (Å²) in [5, 5.41) is 19.8. The molecular weight excluding hydrogens is 326 g/mol. The average molecular weight is 336 g/mol. The van der Waals surface area contributed by atoms with Gasteiger partial charge in [0.2, 0.25) is 5.95 Å². The highest BCUT2D eigenvalue weighted by Gasteiger charge is 2.15. The van der Waals surface area contributed by atoms with Crippen LogP contribution in [0.4, 0.5) is 14.5 Å². The Hall–Kier alpha value is -3.66. The van der Waals surface area contributed by atoms with E-state index in [-0.39, 0.29) is 22.7 Å². The number of pyridine rings is 2. The number of hydrogen-bond acceptors (Lipinski definition) is 5. The summed E-state index contributed by atoms with van der Waals surface area (Å²) in [4.78, 5) is 11.6. The Bertz CT molecular complexity index is 995. The van der Waals surface area contributed by atoms with E-state index in [1.165, 1.54) is 48.8 Å². The van der Waals surface area contributed by atoms with Crippen LogP contribution in [0.5, 0.6) is 5.75 Å². The Kier molecular flexibility index (Phi) is 4.44. The number of benzene rings is 1. The van der Waals surface area contributed by atoms with E-state index in [0.717, 1.165) is 6.07 Å². The van der Waals surface area contributed by atoms with Crippen LogP contribution in [0.15, 0.2) is 59.9 Å². The molecule has 0 fully saturated rings. The summed E-state index contributed by atoms with van der Waals surface area (Å²) in [5.74, 6) is -1.45. The van der Waals surface area contributed by atoms with Crippen molar-refractivity contribution in [1.29, 1.82) is 5.26 Å². The van der Waals surface area contributed by atoms with Crippen molar-refractivity contribution in [3.63, 3.8) is 0 Å². The molecule has 122 valence electrons. The van der Waals surface area contributed by atoms with Gasteiger partial charge in [0.1, 0.15) is 17.6 Å². The van der Waals surface area contributed by atoms with Crippen molar-refractivity contribution in [2.24, 2.45) is 4.99 Å². The molecule has 3 rings (SSSR count). The van der Waals surface area contributed by atoms with Crippen LogP contribution in [0.2, 0.25) is 0 Å². The number of rotatable bonds is 3. The molecule has 0 unspecified atom stereocenters. The summed E-state index contributed by atoms with van der Waals surface area (Å²) < 4.78 is 26.3. The quantitative estimate of drug-likeness (QED) is 0.583. The number of aromatic nitrogens is 2. The summed E-state index contributed by atoms with van der Waals surface area (Å²) >= 11 is 0. The Morgan fingerprint density at radius 2 is 1.76 bits per heavy atom. The van der Waals surface area contributed by atoms with Crippen molar-refractivity contribution in [1.82, 2.24) is 9.97 Å². The Balaban J connectivity index is 2.09. The van der Waals surface area contributed by atoms with E-state index in [1.54, 1.807) is 0 Å². The minimum atomic E-state index is -0.718. The molecule has 0 amide bonds. The molecule has 0 saturated carbocycles. The standard InChI is InChI=1S/C18H10F2N4O/c19-12-1-3-13(4-2-12)24-15(10-21)14-6-8-23-17(18(14)25)11-5-7-22-16(20)9-11/h1-9,25H/b24-15+. The van der Waals surface area contributed by atoms with E-state index in [9.17, 15) is 19.1 Å². The molecule has 7 heteroatoms. The Labute approximate surface area is 141 Å². The van der Waals surface area contributed by atoms with Crippen LogP contribution in [0.1, 0.15) is 5.56 Å². The van der Waals surface area contributed by atoms with Crippen LogP contribution < -0.4 is 0 Å². The highest BCUT2D eigenvalue weighted by atomic mass is 19.1. The highest BCUT2D eigenvalue weighted by molar-refractivity contribution is 6.15. The molecule has 0 aliphatic heterocycles. The summed E-state index contributed by atoms with van der Waals surface area (Å²) in [7, 11) is 0. The average Bonchev–Trinajstić information content (AvgIpc) is 2.62. The zero-order valence-electron chi connectivity index (χ0n) is 12.7. The Morgan fingerprint density at radius 3 is 2.44 bits per heavy atom. The molecule has 0 radical (unpaired) electrons. The fraction of sp³-hybridized carbons (Fsp3) is 0. The fourth-order valence-electron chi connectivity index (χ4n) is 2.20. The van der Waals surface area contributed by atoms with E-state index in [1.807, 2.05) is 6.07 Å². The summed E-state index contributed by atoms with van der Waals surface area (Å²) in [6, 6.07) is 11.2. The molecule has 2 heterocycles. The number of aliphatic imine (C=N–C) groups is 1. The van der Waals surface area contributed by atoms with Crippen molar-refractivity contribution in [3.05, 3.63) is 72.2 Å². The number of aromatic hydroxyl groups is 1. The van der Waals surface area contributed by atoms with E-state index in [0.29, 0.717) is 11.3 Å². The molecule has 3 aromatic rings. The second kappa shape index (κ2) is 6.84. The largest absolute Gasteiger partial charge is 0.505 e. The highest BCUT2D eigenvalue weighted by Crippen LogP contribution is 2.31. The molecule has 5 nitrogen and oxygen atoms in total. The third kappa shape index (κ3) is 3.48. The van der Waals surface area contributed by atoms with Gasteiger partial charge in [-0.05, 0) is 36.4 Å². The maximum Gasteiger partial charge on any atom is 0.213 e. The fourth-order valence-corrected chi connectivity index (χ4v) is 2.20. The van der Waals surface area contributed by atoms with Crippen LogP contribution in [-0.4, -0.2) is 20.8 Å². The molecule has 0 spiro atoms. The molecule has 0 aliphatic carbocycles. The molecule has 25 heavy (non-hydrogen) atoms. The molecule has 1 aromatic carbocycles. The smallest absolute Gasteiger partial charge is 0.213 e. The minimum absolute atomic E-state index is 0.0812. The maximum absolute atomic E-state index is 13.3. The van der Waals surface area contributed by atoms with Gasteiger partial charge in [0.15, 0.2) is 11.5 Å². The lowest BCUT2D eigenvalue weighted by molar-refractivity contribution is 0.474. The lowest BCUT2D eigenvalue weighted by Crippen LogP contribution is -2.00. The normalized spacial score (nSPS) is 11.2. The molecule has 0 aliphatic rings. The molecule has 1 N–H and O–H groups in total. The van der Waals surface area contributed by atoms with Crippen LogP contribution in [0.3, 0.4) is 0 Å². The van der Waals surface area contributed by atoms with Crippen molar-refractivity contribution in [2.75, 3.05) is 0 Å². The van der Waals surface area contributed by atoms with Crippen molar-refractivity contribution < 1.29 is 13.9 Å². The minimum Gasteiger partial charge on any atom is -0.505 e. The second-order valence-corrected chi connectivity index (χ2v) is 4.97. The summed E-state index contributed by atoms with van der Waals surface area (Å²) in [6.07, 6.45) is 2.62. The zero-order valence-corrected chi connectivity index (χ0v) is 12.7. The van der Waals surface area contributed by atoms with Gasteiger partial charge in [0.25, 0.3) is 0 Å². The molecule has 0 saturated heterocycles. The van der Waals surface area contributed by atoms with Gasteiger partial charge in [-0.3, -0.25) is 4.98 Å². The van der Waals surface area contributed by atoms with Crippen molar-refractivity contribution in [3.8, 4) is 23.1 Å². The number of halogens is 2. The van der Waals surface area contributed by atoms with Gasteiger partial charge in [-0.2, -0.15) is 9.65 Å². The van der Waals surface area contributed by atoms with Gasteiger partial charge >= 0.3 is 0 Å². The van der Waals surface area contributed by atoms with Crippen LogP contribution in [0, 0.1) is 23.1 Å². The first-order valence-corrected chi connectivity index (χ1v) is 7.13. The topological polar surface area (TPSA) is 82.2 Å². The van der Waals surface area contributed by atoms with Crippen molar-refractivity contribution >= 4 is 11.4 Å². The number of hydrogen-bond donors (Lipinski definition) is 1. The maximum atomic E-state index is 13.3. The third-order valence-corrected chi connectivity index (χ3v) is 3.35. The number of nitrogens with zero attached hydrogens (tertiary/aromatic N) is 4. The monoisotopic (exact) mass is 336 g/mol. The first-order chi connectivity index (χ1) is 12.1. The molecule has 0 atom stereocenters. The van der Waals surface area contributed by atoms with Gasteiger partial charge in [-0.1, -0.05) is 0 Å². The molecular formula is C18H10F2N4O. The lowest BCUT2D eigenvalue weighted by atomic mass is 10.1. The van der Waals surface area contributed by atoms with E-state index >= 15 is 0 Å². The predicted molar refractivity (Wildman–Crippen MR) is 87.3 cm³/mol. The molecule has 2 aromatic heterocycles. The first-order valence-electron chi connectivity index (χ1n) is 7.13. The van der Waals surface area contributed by atoms with Gasteiger partial charge in [-0.15, -0.1) is 0 Å². The predicted octanol–water partition coefficient (Wildman–Crippen LogP) is 3.77. The SMILES string of the molecule is N#C/C(=N\c1ccc(F)cc1)c1ccnc(-c2ccnc(F)c2)c1O. The van der Waals surface area contributed by atoms with Crippen molar-refractivity contribution in [2.45, 2.75) is 0 Å². The van der Waals surface area contributed by atoms with Gasteiger partial charge in [0.05, 0.1) is 11.3 Å². The first kappa shape index (κ1) is 16.2. The van der Waals surface area contributed by atoms with E-state index in [4.69, 9.17) is 0 Å². The second-order valence-electron chi connectivity index (χ2n) is 4.97. The lowest BCUT2D eigenvalue weighted by Gasteiger charge is -2.08. The van der Waals surface area contributed by atoms with Gasteiger partial charge in [-0.25, -0.2) is 14.4 Å². The van der Waals surface area contributed by atoms with E-state index < -0.39 is 11.8 Å². The van der Waals surface area contributed by atoms with E-state index in [2.05, 4.69) is 15.0 Å². The van der Waals surface area contributed by atoms with Crippen LogP contribution in [-0.2, 0) is 0 Å².